The molecule has 2 rings (SSSR count). The zero-order valence-electron chi connectivity index (χ0n) is 11.4. The topological polar surface area (TPSA) is 78.0 Å². The number of allylic oxidation sites excluding steroid dienone is 1. The molecule has 1 aromatic carbocycles. The normalized spacial score (nSPS) is 10.3. The molecule has 108 valence electrons. The predicted molar refractivity (Wildman–Crippen MR) is 84.6 cm³/mol. The Morgan fingerprint density at radius 1 is 1.38 bits per heavy atom. The van der Waals surface area contributed by atoms with Gasteiger partial charge in [-0.25, -0.2) is 0 Å². The Bertz CT molecular complexity index is 711. The highest BCUT2D eigenvalue weighted by Gasteiger charge is 2.11. The van der Waals surface area contributed by atoms with E-state index in [1.807, 2.05) is 18.2 Å². The van der Waals surface area contributed by atoms with Crippen LogP contribution in [0.4, 0.5) is 5.82 Å². The summed E-state index contributed by atoms with van der Waals surface area (Å²) < 4.78 is 1.65. The maximum atomic E-state index is 12.1. The Morgan fingerprint density at radius 3 is 2.76 bits per heavy atom. The van der Waals surface area contributed by atoms with Crippen molar-refractivity contribution in [3.8, 4) is 0 Å². The predicted octanol–water partition coefficient (Wildman–Crippen LogP) is 1.99. The highest BCUT2D eigenvalue weighted by atomic mass is 32.2. The summed E-state index contributed by atoms with van der Waals surface area (Å²) >= 11 is 1.19. The molecule has 2 aromatic rings. The van der Waals surface area contributed by atoms with Crippen molar-refractivity contribution >= 4 is 23.4 Å². The number of hydrogen-bond acceptors (Lipinski definition) is 5. The van der Waals surface area contributed by atoms with E-state index in [-0.39, 0.29) is 11.5 Å². The fraction of sp³-hybridized carbons (Fsp3) is 0.133. The molecule has 0 aliphatic rings. The Labute approximate surface area is 126 Å². The van der Waals surface area contributed by atoms with Crippen molar-refractivity contribution < 1.29 is 4.79 Å². The van der Waals surface area contributed by atoms with Gasteiger partial charge in [0.25, 0.3) is 5.56 Å². The third-order valence-electron chi connectivity index (χ3n) is 2.76. The Balaban J connectivity index is 2.18. The number of thioether (sulfide) groups is 1. The summed E-state index contributed by atoms with van der Waals surface area (Å²) in [6.07, 6.45) is 1.66. The lowest BCUT2D eigenvalue weighted by atomic mass is 10.2. The molecule has 1 aromatic heterocycles. The average molecular weight is 301 g/mol. The molecular weight excluding hydrogens is 286 g/mol. The second kappa shape index (κ2) is 6.90. The SMILES string of the molecule is C=CCn1c(N)cc(=O)nc1SCC(=O)c1ccccc1. The molecule has 0 spiro atoms. The number of hydrogen-bond donors (Lipinski definition) is 1. The summed E-state index contributed by atoms with van der Waals surface area (Å²) in [4.78, 5) is 27.4. The van der Waals surface area contributed by atoms with E-state index in [0.29, 0.717) is 23.1 Å². The Morgan fingerprint density at radius 2 is 2.10 bits per heavy atom. The zero-order chi connectivity index (χ0) is 15.2. The Hall–Kier alpha value is -2.34. The molecule has 0 saturated carbocycles. The van der Waals surface area contributed by atoms with Gasteiger partial charge in [0.15, 0.2) is 10.9 Å². The summed E-state index contributed by atoms with van der Waals surface area (Å²) in [5.41, 5.74) is 6.02. The van der Waals surface area contributed by atoms with Gasteiger partial charge in [-0.15, -0.1) is 6.58 Å². The molecule has 21 heavy (non-hydrogen) atoms. The number of anilines is 1. The maximum absolute atomic E-state index is 12.1. The molecule has 2 N–H and O–H groups in total. The number of carbonyl (C=O) groups excluding carboxylic acids is 1. The van der Waals surface area contributed by atoms with Gasteiger partial charge in [-0.3, -0.25) is 9.59 Å². The number of nitrogens with zero attached hydrogens (tertiary/aromatic N) is 2. The van der Waals surface area contributed by atoms with Crippen molar-refractivity contribution in [1.29, 1.82) is 0 Å². The van der Waals surface area contributed by atoms with Gasteiger partial charge in [-0.2, -0.15) is 4.98 Å². The summed E-state index contributed by atoms with van der Waals surface area (Å²) in [6, 6.07) is 10.2. The van der Waals surface area contributed by atoms with Crippen LogP contribution in [0.5, 0.6) is 0 Å². The van der Waals surface area contributed by atoms with Gasteiger partial charge in [0.2, 0.25) is 0 Å². The number of carbonyl (C=O) groups is 1. The first-order valence-corrected chi connectivity index (χ1v) is 7.29. The van der Waals surface area contributed by atoms with Crippen LogP contribution in [0, 0.1) is 0 Å². The van der Waals surface area contributed by atoms with Crippen LogP contribution in [-0.4, -0.2) is 21.1 Å². The van der Waals surface area contributed by atoms with Crippen molar-refractivity contribution in [3.05, 3.63) is 65.0 Å². The molecule has 5 nitrogen and oxygen atoms in total. The van der Waals surface area contributed by atoms with Crippen LogP contribution in [0.1, 0.15) is 10.4 Å². The van der Waals surface area contributed by atoms with Crippen molar-refractivity contribution in [2.75, 3.05) is 11.5 Å². The number of Topliss-reactive ketones (excluding diaryl/α,β-unsaturated/α-hetero) is 1. The van der Waals surface area contributed by atoms with Gasteiger partial charge in [-0.1, -0.05) is 48.2 Å². The first-order valence-electron chi connectivity index (χ1n) is 6.31. The van der Waals surface area contributed by atoms with Crippen LogP contribution >= 0.6 is 11.8 Å². The highest BCUT2D eigenvalue weighted by Crippen LogP contribution is 2.18. The zero-order valence-corrected chi connectivity index (χ0v) is 12.2. The standard InChI is InChI=1S/C15H15N3O2S/c1-2-8-18-13(16)9-14(20)17-15(18)21-10-12(19)11-6-4-3-5-7-11/h2-7,9H,1,8,10,16H2. The number of ketones is 1. The lowest BCUT2D eigenvalue weighted by Gasteiger charge is -2.12. The van der Waals surface area contributed by atoms with Crippen LogP contribution in [0.3, 0.4) is 0 Å². The van der Waals surface area contributed by atoms with E-state index >= 15 is 0 Å². The molecule has 6 heteroatoms. The van der Waals surface area contributed by atoms with E-state index in [1.54, 1.807) is 22.8 Å². The van der Waals surface area contributed by atoms with Crippen molar-refractivity contribution in [2.45, 2.75) is 11.7 Å². The average Bonchev–Trinajstić information content (AvgIpc) is 2.48. The van der Waals surface area contributed by atoms with E-state index in [9.17, 15) is 9.59 Å². The Kier molecular flexibility index (Phi) is 4.94. The maximum Gasteiger partial charge on any atom is 0.275 e. The van der Waals surface area contributed by atoms with Gasteiger partial charge in [-0.05, 0) is 0 Å². The number of rotatable bonds is 6. The monoisotopic (exact) mass is 301 g/mol. The second-order valence-electron chi connectivity index (χ2n) is 4.28. The number of nitrogen functional groups attached to an aromatic ring is 1. The van der Waals surface area contributed by atoms with E-state index < -0.39 is 5.56 Å². The van der Waals surface area contributed by atoms with Crippen molar-refractivity contribution in [3.63, 3.8) is 0 Å². The third kappa shape index (κ3) is 3.82. The van der Waals surface area contributed by atoms with Gasteiger partial charge >= 0.3 is 0 Å². The quantitative estimate of drug-likeness (QED) is 0.382. The molecule has 0 amide bonds. The molecule has 0 unspecified atom stereocenters. The first kappa shape index (κ1) is 15.1. The minimum atomic E-state index is -0.414. The van der Waals surface area contributed by atoms with Crippen LogP contribution < -0.4 is 11.3 Å². The molecular formula is C15H15N3O2S. The van der Waals surface area contributed by atoms with Crippen LogP contribution in [0.2, 0.25) is 0 Å². The molecule has 0 bridgehead atoms. The lowest BCUT2D eigenvalue weighted by Crippen LogP contribution is -2.18. The molecule has 1 heterocycles. The third-order valence-corrected chi connectivity index (χ3v) is 3.74. The van der Waals surface area contributed by atoms with Crippen LogP contribution in [0.15, 0.2) is 59.0 Å². The molecule has 0 aliphatic heterocycles. The summed E-state index contributed by atoms with van der Waals surface area (Å²) in [7, 11) is 0. The summed E-state index contributed by atoms with van der Waals surface area (Å²) in [6.45, 7) is 4.08. The van der Waals surface area contributed by atoms with Crippen molar-refractivity contribution in [1.82, 2.24) is 9.55 Å². The lowest BCUT2D eigenvalue weighted by molar-refractivity contribution is 0.102. The second-order valence-corrected chi connectivity index (χ2v) is 5.22. The minimum absolute atomic E-state index is 0.0255. The van der Waals surface area contributed by atoms with E-state index in [4.69, 9.17) is 5.73 Å². The van der Waals surface area contributed by atoms with Crippen LogP contribution in [-0.2, 0) is 6.54 Å². The van der Waals surface area contributed by atoms with E-state index in [1.165, 1.54) is 17.8 Å². The molecule has 0 aliphatic carbocycles. The largest absolute Gasteiger partial charge is 0.385 e. The van der Waals surface area contributed by atoms with Gasteiger partial charge in [0.05, 0.1) is 5.75 Å². The smallest absolute Gasteiger partial charge is 0.275 e. The fourth-order valence-corrected chi connectivity index (χ4v) is 2.68. The number of benzene rings is 1. The molecule has 0 fully saturated rings. The van der Waals surface area contributed by atoms with E-state index in [2.05, 4.69) is 11.6 Å². The number of aromatic nitrogens is 2. The van der Waals surface area contributed by atoms with Gasteiger partial charge in [0.1, 0.15) is 5.82 Å². The van der Waals surface area contributed by atoms with Crippen molar-refractivity contribution in [2.24, 2.45) is 0 Å². The molecule has 0 saturated heterocycles. The highest BCUT2D eigenvalue weighted by molar-refractivity contribution is 7.99. The fourth-order valence-electron chi connectivity index (χ4n) is 1.76. The number of nitrogens with two attached hydrogens (primary N) is 1. The van der Waals surface area contributed by atoms with Gasteiger partial charge < -0.3 is 10.3 Å². The minimum Gasteiger partial charge on any atom is -0.385 e. The first-order chi connectivity index (χ1) is 10.1. The summed E-state index contributed by atoms with van der Waals surface area (Å²) in [5, 5.41) is 0.421. The van der Waals surface area contributed by atoms with E-state index in [0.717, 1.165) is 0 Å². The molecule has 0 radical (unpaired) electrons. The van der Waals surface area contributed by atoms with Gasteiger partial charge in [0, 0.05) is 18.2 Å². The summed E-state index contributed by atoms with van der Waals surface area (Å²) in [5.74, 6) is 0.476. The van der Waals surface area contributed by atoms with Crippen LogP contribution in [0.25, 0.3) is 0 Å². The molecule has 0 atom stereocenters.